The summed E-state index contributed by atoms with van der Waals surface area (Å²) in [5, 5.41) is 12.0. The zero-order valence-corrected chi connectivity index (χ0v) is 11.1. The third-order valence-electron chi connectivity index (χ3n) is 3.96. The fourth-order valence-corrected chi connectivity index (χ4v) is 2.93. The maximum Gasteiger partial charge on any atom is 0.246 e. The van der Waals surface area contributed by atoms with E-state index in [4.69, 9.17) is 5.26 Å². The molecule has 5 nitrogen and oxygen atoms in total. The largest absolute Gasteiger partial charge is 0.374 e. The summed E-state index contributed by atoms with van der Waals surface area (Å²) in [6.45, 7) is 0.242. The van der Waals surface area contributed by atoms with Crippen molar-refractivity contribution in [2.75, 3.05) is 16.8 Å². The molecular formula is C15H15N3O2. The van der Waals surface area contributed by atoms with Gasteiger partial charge in [0.1, 0.15) is 5.78 Å². The van der Waals surface area contributed by atoms with Gasteiger partial charge in [-0.05, 0) is 31.0 Å². The van der Waals surface area contributed by atoms with Crippen molar-refractivity contribution >= 4 is 23.1 Å². The van der Waals surface area contributed by atoms with Gasteiger partial charge in [-0.3, -0.25) is 9.59 Å². The van der Waals surface area contributed by atoms with Crippen LogP contribution in [0.25, 0.3) is 0 Å². The minimum atomic E-state index is 0.0292. The second-order valence-electron chi connectivity index (χ2n) is 5.23. The second-order valence-corrected chi connectivity index (χ2v) is 5.23. The van der Waals surface area contributed by atoms with E-state index in [9.17, 15) is 9.59 Å². The quantitative estimate of drug-likeness (QED) is 0.844. The Kier molecular flexibility index (Phi) is 3.15. The lowest BCUT2D eigenvalue weighted by atomic mass is 9.92. The number of rotatable bonds is 1. The third kappa shape index (κ3) is 2.14. The Morgan fingerprint density at radius 3 is 2.70 bits per heavy atom. The van der Waals surface area contributed by atoms with Gasteiger partial charge >= 0.3 is 0 Å². The van der Waals surface area contributed by atoms with Crippen LogP contribution in [0.1, 0.15) is 31.2 Å². The first-order valence-corrected chi connectivity index (χ1v) is 6.81. The zero-order chi connectivity index (χ0) is 14.1. The first-order chi connectivity index (χ1) is 9.69. The standard InChI is InChI=1S/C15H15N3O2/c16-8-10-1-6-14-13(7-10)17-9-15(20)18(14)11-2-4-12(19)5-3-11/h1,6-7,11,17H,2-5,9H2. The highest BCUT2D eigenvalue weighted by Crippen LogP contribution is 2.35. The maximum atomic E-state index is 12.2. The number of hydrogen-bond acceptors (Lipinski definition) is 4. The number of benzene rings is 1. The Labute approximate surface area is 117 Å². The van der Waals surface area contributed by atoms with Crippen LogP contribution in [0.2, 0.25) is 0 Å². The van der Waals surface area contributed by atoms with Crippen LogP contribution in [-0.2, 0) is 9.59 Å². The van der Waals surface area contributed by atoms with Crippen LogP contribution >= 0.6 is 0 Å². The van der Waals surface area contributed by atoms with Crippen molar-refractivity contribution in [2.45, 2.75) is 31.7 Å². The molecule has 1 saturated carbocycles. The summed E-state index contributed by atoms with van der Waals surface area (Å²) in [6, 6.07) is 7.49. The molecule has 102 valence electrons. The van der Waals surface area contributed by atoms with Gasteiger partial charge in [0.25, 0.3) is 0 Å². The summed E-state index contributed by atoms with van der Waals surface area (Å²) in [4.78, 5) is 25.4. The molecule has 1 fully saturated rings. The van der Waals surface area contributed by atoms with E-state index >= 15 is 0 Å². The summed E-state index contributed by atoms with van der Waals surface area (Å²) in [5.74, 6) is 0.311. The number of nitrogens with one attached hydrogen (secondary N) is 1. The number of anilines is 2. The Balaban J connectivity index is 1.94. The number of carbonyl (C=O) groups excluding carboxylic acids is 2. The lowest BCUT2D eigenvalue weighted by Crippen LogP contribution is -2.47. The lowest BCUT2D eigenvalue weighted by molar-refractivity contribution is -0.122. The fraction of sp³-hybridized carbons (Fsp3) is 0.400. The van der Waals surface area contributed by atoms with Crippen molar-refractivity contribution in [3.63, 3.8) is 0 Å². The molecule has 1 N–H and O–H groups in total. The van der Waals surface area contributed by atoms with Crippen LogP contribution in [0.15, 0.2) is 18.2 Å². The summed E-state index contributed by atoms with van der Waals surface area (Å²) >= 11 is 0. The molecule has 1 aliphatic carbocycles. The Morgan fingerprint density at radius 2 is 2.00 bits per heavy atom. The molecule has 0 aromatic heterocycles. The average Bonchev–Trinajstić information content (AvgIpc) is 2.48. The van der Waals surface area contributed by atoms with Crippen molar-refractivity contribution in [2.24, 2.45) is 0 Å². The molecule has 0 unspecified atom stereocenters. The van der Waals surface area contributed by atoms with Crippen molar-refractivity contribution in [3.05, 3.63) is 23.8 Å². The minimum absolute atomic E-state index is 0.0292. The minimum Gasteiger partial charge on any atom is -0.374 e. The van der Waals surface area contributed by atoms with Gasteiger partial charge in [-0.1, -0.05) is 0 Å². The van der Waals surface area contributed by atoms with Gasteiger partial charge in [0, 0.05) is 18.9 Å². The predicted octanol–water partition coefficient (Wildman–Crippen LogP) is 1.83. The zero-order valence-electron chi connectivity index (χ0n) is 11.1. The average molecular weight is 269 g/mol. The van der Waals surface area contributed by atoms with E-state index in [0.717, 1.165) is 24.2 Å². The molecule has 1 aromatic rings. The van der Waals surface area contributed by atoms with E-state index in [1.165, 1.54) is 0 Å². The van der Waals surface area contributed by atoms with E-state index in [2.05, 4.69) is 11.4 Å². The van der Waals surface area contributed by atoms with Crippen LogP contribution in [-0.4, -0.2) is 24.3 Å². The molecular weight excluding hydrogens is 254 g/mol. The van der Waals surface area contributed by atoms with E-state index in [1.54, 1.807) is 17.0 Å². The van der Waals surface area contributed by atoms with Crippen molar-refractivity contribution in [3.8, 4) is 6.07 Å². The molecule has 5 heteroatoms. The monoisotopic (exact) mass is 269 g/mol. The van der Waals surface area contributed by atoms with Crippen LogP contribution in [0.4, 0.5) is 11.4 Å². The maximum absolute atomic E-state index is 12.2. The van der Waals surface area contributed by atoms with Gasteiger partial charge in [-0.15, -0.1) is 0 Å². The molecule has 0 saturated heterocycles. The van der Waals surface area contributed by atoms with Crippen LogP contribution < -0.4 is 10.2 Å². The van der Waals surface area contributed by atoms with Crippen LogP contribution in [0, 0.1) is 11.3 Å². The smallest absolute Gasteiger partial charge is 0.246 e. The van der Waals surface area contributed by atoms with E-state index in [-0.39, 0.29) is 24.3 Å². The lowest BCUT2D eigenvalue weighted by Gasteiger charge is -2.38. The summed E-state index contributed by atoms with van der Waals surface area (Å²) in [7, 11) is 0. The molecule has 0 bridgehead atoms. The number of hydrogen-bond donors (Lipinski definition) is 1. The number of carbonyl (C=O) groups is 2. The summed E-state index contributed by atoms with van der Waals surface area (Å²) in [6.07, 6.45) is 2.55. The van der Waals surface area contributed by atoms with Crippen LogP contribution in [0.5, 0.6) is 0 Å². The molecule has 1 amide bonds. The molecule has 1 aromatic carbocycles. The highest BCUT2D eigenvalue weighted by Gasteiger charge is 2.32. The Morgan fingerprint density at radius 1 is 1.25 bits per heavy atom. The molecule has 0 radical (unpaired) electrons. The second kappa shape index (κ2) is 4.97. The topological polar surface area (TPSA) is 73.2 Å². The molecule has 2 aliphatic rings. The third-order valence-corrected chi connectivity index (χ3v) is 3.96. The van der Waals surface area contributed by atoms with Gasteiger partial charge in [0.2, 0.25) is 5.91 Å². The summed E-state index contributed by atoms with van der Waals surface area (Å²) < 4.78 is 0. The molecule has 0 atom stereocenters. The molecule has 0 spiro atoms. The van der Waals surface area contributed by atoms with E-state index in [0.29, 0.717) is 18.4 Å². The van der Waals surface area contributed by atoms with Crippen molar-refractivity contribution in [1.82, 2.24) is 0 Å². The van der Waals surface area contributed by atoms with Gasteiger partial charge in [0.15, 0.2) is 0 Å². The number of fused-ring (bicyclic) bond motifs is 1. The fourth-order valence-electron chi connectivity index (χ4n) is 2.93. The number of nitriles is 1. The SMILES string of the molecule is N#Cc1ccc2c(c1)NCC(=O)N2C1CCC(=O)CC1. The highest BCUT2D eigenvalue weighted by molar-refractivity contribution is 6.03. The number of amides is 1. The first kappa shape index (κ1) is 12.7. The first-order valence-electron chi connectivity index (χ1n) is 6.81. The Hall–Kier alpha value is -2.35. The number of Topliss-reactive ketones (excluding diaryl/α,β-unsaturated/α-hetero) is 1. The predicted molar refractivity (Wildman–Crippen MR) is 74.4 cm³/mol. The molecule has 3 rings (SSSR count). The Bertz CT molecular complexity index is 608. The molecule has 1 heterocycles. The number of ketones is 1. The van der Waals surface area contributed by atoms with E-state index < -0.39 is 0 Å². The molecule has 20 heavy (non-hydrogen) atoms. The van der Waals surface area contributed by atoms with Crippen molar-refractivity contribution < 1.29 is 9.59 Å². The van der Waals surface area contributed by atoms with Gasteiger partial charge in [-0.25, -0.2) is 0 Å². The number of nitrogens with zero attached hydrogens (tertiary/aromatic N) is 2. The highest BCUT2D eigenvalue weighted by atomic mass is 16.2. The van der Waals surface area contributed by atoms with Crippen LogP contribution in [0.3, 0.4) is 0 Å². The summed E-state index contributed by atoms with van der Waals surface area (Å²) in [5.41, 5.74) is 2.21. The van der Waals surface area contributed by atoms with Gasteiger partial charge < -0.3 is 10.2 Å². The van der Waals surface area contributed by atoms with Gasteiger partial charge in [0.05, 0.1) is 29.6 Å². The van der Waals surface area contributed by atoms with Crippen molar-refractivity contribution in [1.29, 1.82) is 5.26 Å². The van der Waals surface area contributed by atoms with E-state index in [1.807, 2.05) is 6.07 Å². The molecule has 1 aliphatic heterocycles. The van der Waals surface area contributed by atoms with Gasteiger partial charge in [-0.2, -0.15) is 5.26 Å². The normalized spacial score (nSPS) is 19.2.